The summed E-state index contributed by atoms with van der Waals surface area (Å²) in [7, 11) is 5.13. The highest BCUT2D eigenvalue weighted by Crippen LogP contribution is 2.18. The summed E-state index contributed by atoms with van der Waals surface area (Å²) < 4.78 is 8.33. The Morgan fingerprint density at radius 3 is 2.43 bits per heavy atom. The highest BCUT2D eigenvalue weighted by atomic mass is 16.5. The number of methoxy groups -OCH3 is 1. The van der Waals surface area contributed by atoms with Crippen molar-refractivity contribution in [3.05, 3.63) is 28.7 Å². The van der Waals surface area contributed by atoms with Gasteiger partial charge in [-0.3, -0.25) is 9.13 Å². The summed E-state index contributed by atoms with van der Waals surface area (Å²) in [6.45, 7) is 0. The van der Waals surface area contributed by atoms with Crippen molar-refractivity contribution in [2.45, 2.75) is 0 Å². The van der Waals surface area contributed by atoms with Crippen molar-refractivity contribution in [3.63, 3.8) is 0 Å². The van der Waals surface area contributed by atoms with E-state index in [1.54, 1.807) is 30.3 Å². The van der Waals surface area contributed by atoms with Gasteiger partial charge in [0, 0.05) is 20.2 Å². The first-order valence-electron chi connectivity index (χ1n) is 4.34. The van der Waals surface area contributed by atoms with Crippen molar-refractivity contribution < 1.29 is 4.74 Å². The van der Waals surface area contributed by atoms with Crippen LogP contribution in [0.5, 0.6) is 5.75 Å². The fourth-order valence-corrected chi connectivity index (χ4v) is 1.61. The largest absolute Gasteiger partial charge is 0.497 e. The second kappa shape index (κ2) is 2.90. The van der Waals surface area contributed by atoms with Crippen LogP contribution in [0.4, 0.5) is 0 Å². The summed E-state index contributed by atoms with van der Waals surface area (Å²) in [6, 6.07) is 5.59. The number of rotatable bonds is 1. The molecule has 0 bridgehead atoms. The van der Waals surface area contributed by atoms with Crippen LogP contribution in [0.25, 0.3) is 11.0 Å². The van der Waals surface area contributed by atoms with E-state index < -0.39 is 0 Å². The summed E-state index contributed by atoms with van der Waals surface area (Å²) in [6.07, 6.45) is 0. The van der Waals surface area contributed by atoms with E-state index >= 15 is 0 Å². The lowest BCUT2D eigenvalue weighted by atomic mass is 10.3. The molecule has 1 heterocycles. The van der Waals surface area contributed by atoms with Crippen molar-refractivity contribution in [2.24, 2.45) is 14.1 Å². The lowest BCUT2D eigenvalue weighted by molar-refractivity contribution is 0.415. The van der Waals surface area contributed by atoms with E-state index in [1.807, 2.05) is 18.2 Å². The molecule has 74 valence electrons. The molecule has 0 saturated heterocycles. The highest BCUT2D eigenvalue weighted by Gasteiger charge is 2.07. The summed E-state index contributed by atoms with van der Waals surface area (Å²) in [4.78, 5) is 11.6. The first kappa shape index (κ1) is 8.87. The number of aromatic nitrogens is 2. The van der Waals surface area contributed by atoms with Gasteiger partial charge in [-0.25, -0.2) is 4.79 Å². The second-order valence-corrected chi connectivity index (χ2v) is 3.26. The molecular weight excluding hydrogens is 180 g/mol. The number of ether oxygens (including phenoxy) is 1. The molecule has 0 radical (unpaired) electrons. The van der Waals surface area contributed by atoms with Crippen LogP contribution in [-0.4, -0.2) is 16.2 Å². The van der Waals surface area contributed by atoms with E-state index in [1.165, 1.54) is 0 Å². The normalized spacial score (nSPS) is 10.8. The fourth-order valence-electron chi connectivity index (χ4n) is 1.61. The van der Waals surface area contributed by atoms with Crippen LogP contribution in [0.1, 0.15) is 0 Å². The van der Waals surface area contributed by atoms with Gasteiger partial charge in [-0.05, 0) is 12.1 Å². The Morgan fingerprint density at radius 2 is 1.79 bits per heavy atom. The van der Waals surface area contributed by atoms with Gasteiger partial charge < -0.3 is 4.74 Å². The standard InChI is InChI=1S/C10H12N2O2/c1-11-8-5-4-7(14-3)6-9(8)12(2)10(11)13/h4-6H,1-3H3. The van der Waals surface area contributed by atoms with Gasteiger partial charge in [-0.1, -0.05) is 0 Å². The Bertz CT molecular complexity index is 537. The van der Waals surface area contributed by atoms with Gasteiger partial charge in [-0.15, -0.1) is 0 Å². The quantitative estimate of drug-likeness (QED) is 0.672. The molecular formula is C10H12N2O2. The van der Waals surface area contributed by atoms with Gasteiger partial charge in [0.15, 0.2) is 0 Å². The van der Waals surface area contributed by atoms with Gasteiger partial charge in [0.25, 0.3) is 0 Å². The molecule has 0 aliphatic heterocycles. The summed E-state index contributed by atoms with van der Waals surface area (Å²) in [5, 5.41) is 0. The van der Waals surface area contributed by atoms with E-state index in [2.05, 4.69) is 0 Å². The molecule has 1 aromatic carbocycles. The lowest BCUT2D eigenvalue weighted by Crippen LogP contribution is -2.19. The first-order valence-corrected chi connectivity index (χ1v) is 4.34. The Labute approximate surface area is 81.3 Å². The van der Waals surface area contributed by atoms with Crippen LogP contribution in [0.15, 0.2) is 23.0 Å². The highest BCUT2D eigenvalue weighted by molar-refractivity contribution is 5.77. The molecule has 0 atom stereocenters. The molecule has 0 aliphatic rings. The third-order valence-corrected chi connectivity index (χ3v) is 2.48. The molecule has 14 heavy (non-hydrogen) atoms. The van der Waals surface area contributed by atoms with Gasteiger partial charge in [-0.2, -0.15) is 0 Å². The molecule has 4 heteroatoms. The monoisotopic (exact) mass is 192 g/mol. The molecule has 2 rings (SSSR count). The van der Waals surface area contributed by atoms with Gasteiger partial charge in [0.1, 0.15) is 5.75 Å². The van der Waals surface area contributed by atoms with E-state index in [4.69, 9.17) is 4.74 Å². The van der Waals surface area contributed by atoms with E-state index in [9.17, 15) is 4.79 Å². The molecule has 0 spiro atoms. The zero-order valence-corrected chi connectivity index (χ0v) is 8.44. The molecule has 0 unspecified atom stereocenters. The SMILES string of the molecule is COc1ccc2c(c1)n(C)c(=O)n2C. The minimum Gasteiger partial charge on any atom is -0.497 e. The van der Waals surface area contributed by atoms with Crippen LogP contribution in [0, 0.1) is 0 Å². The average molecular weight is 192 g/mol. The summed E-state index contributed by atoms with van der Waals surface area (Å²) in [5.41, 5.74) is 1.78. The number of hydrogen-bond donors (Lipinski definition) is 0. The lowest BCUT2D eigenvalue weighted by Gasteiger charge is -1.99. The van der Waals surface area contributed by atoms with Crippen LogP contribution < -0.4 is 10.4 Å². The van der Waals surface area contributed by atoms with Crippen LogP contribution >= 0.6 is 0 Å². The van der Waals surface area contributed by atoms with Crippen molar-refractivity contribution >= 4 is 11.0 Å². The van der Waals surface area contributed by atoms with E-state index in [-0.39, 0.29) is 5.69 Å². The van der Waals surface area contributed by atoms with Crippen molar-refractivity contribution in [1.82, 2.24) is 9.13 Å². The topological polar surface area (TPSA) is 36.2 Å². The maximum atomic E-state index is 11.6. The van der Waals surface area contributed by atoms with Crippen LogP contribution in [0.2, 0.25) is 0 Å². The van der Waals surface area contributed by atoms with E-state index in [0.717, 1.165) is 16.8 Å². The average Bonchev–Trinajstić information content (AvgIpc) is 2.44. The molecule has 0 aliphatic carbocycles. The Morgan fingerprint density at radius 1 is 1.14 bits per heavy atom. The Balaban J connectivity index is 2.89. The predicted molar refractivity (Wildman–Crippen MR) is 54.7 cm³/mol. The minimum absolute atomic E-state index is 0.0201. The zero-order valence-electron chi connectivity index (χ0n) is 8.44. The third kappa shape index (κ3) is 1.04. The number of fused-ring (bicyclic) bond motifs is 1. The smallest absolute Gasteiger partial charge is 0.328 e. The number of imidazole rings is 1. The molecule has 0 fully saturated rings. The Kier molecular flexibility index (Phi) is 1.84. The maximum Gasteiger partial charge on any atom is 0.328 e. The first-order chi connectivity index (χ1) is 6.65. The fraction of sp³-hybridized carbons (Fsp3) is 0.300. The Hall–Kier alpha value is -1.71. The molecule has 4 nitrogen and oxygen atoms in total. The number of aryl methyl sites for hydroxylation is 2. The molecule has 0 N–H and O–H groups in total. The van der Waals surface area contributed by atoms with Gasteiger partial charge in [0.05, 0.1) is 18.1 Å². The van der Waals surface area contributed by atoms with Crippen molar-refractivity contribution in [2.75, 3.05) is 7.11 Å². The molecule has 0 amide bonds. The van der Waals surface area contributed by atoms with Gasteiger partial charge >= 0.3 is 5.69 Å². The number of nitrogens with zero attached hydrogens (tertiary/aromatic N) is 2. The summed E-state index contributed by atoms with van der Waals surface area (Å²) >= 11 is 0. The van der Waals surface area contributed by atoms with Crippen molar-refractivity contribution in [3.8, 4) is 5.75 Å². The van der Waals surface area contributed by atoms with Crippen LogP contribution in [0.3, 0.4) is 0 Å². The number of hydrogen-bond acceptors (Lipinski definition) is 2. The van der Waals surface area contributed by atoms with Crippen molar-refractivity contribution in [1.29, 1.82) is 0 Å². The van der Waals surface area contributed by atoms with E-state index in [0.29, 0.717) is 0 Å². The third-order valence-electron chi connectivity index (χ3n) is 2.48. The number of benzene rings is 1. The zero-order chi connectivity index (χ0) is 10.3. The van der Waals surface area contributed by atoms with Crippen LogP contribution in [-0.2, 0) is 14.1 Å². The predicted octanol–water partition coefficient (Wildman–Crippen LogP) is 0.886. The minimum atomic E-state index is -0.0201. The molecule has 1 aromatic heterocycles. The van der Waals surface area contributed by atoms with Gasteiger partial charge in [0.2, 0.25) is 0 Å². The maximum absolute atomic E-state index is 11.6. The summed E-state index contributed by atoms with van der Waals surface area (Å²) in [5.74, 6) is 0.763. The molecule has 2 aromatic rings. The second-order valence-electron chi connectivity index (χ2n) is 3.26. The molecule has 0 saturated carbocycles.